The van der Waals surface area contributed by atoms with Gasteiger partial charge in [-0.3, -0.25) is 4.79 Å². The molecule has 0 unspecified atom stereocenters. The second-order valence-corrected chi connectivity index (χ2v) is 6.38. The van der Waals surface area contributed by atoms with Gasteiger partial charge in [-0.1, -0.05) is 41.2 Å². The molecule has 24 heavy (non-hydrogen) atoms. The number of thiazole rings is 1. The summed E-state index contributed by atoms with van der Waals surface area (Å²) in [5, 5.41) is 9.62. The van der Waals surface area contributed by atoms with Gasteiger partial charge < -0.3 is 5.73 Å². The predicted molar refractivity (Wildman–Crippen MR) is 97.3 cm³/mol. The molecule has 0 amide bonds. The van der Waals surface area contributed by atoms with Gasteiger partial charge in [-0.2, -0.15) is 0 Å². The number of aromatic nitrogens is 1. The number of aryl methyl sites for hydroxylation is 1. The highest BCUT2D eigenvalue weighted by Gasteiger charge is 2.11. The van der Waals surface area contributed by atoms with Crippen LogP contribution in [0.1, 0.15) is 22.8 Å². The Balaban J connectivity index is 1.90. The van der Waals surface area contributed by atoms with E-state index in [4.69, 9.17) is 5.73 Å². The number of nitrogens with zero attached hydrogens (tertiary/aromatic N) is 3. The zero-order chi connectivity index (χ0) is 17.1. The first-order valence-electron chi connectivity index (χ1n) is 7.39. The molecule has 0 spiro atoms. The highest BCUT2D eigenvalue weighted by atomic mass is 32.1. The third-order valence-corrected chi connectivity index (χ3v) is 4.25. The monoisotopic (exact) mass is 336 g/mol. The highest BCUT2D eigenvalue weighted by molar-refractivity contribution is 7.19. The van der Waals surface area contributed by atoms with Gasteiger partial charge in [0.05, 0.1) is 5.69 Å². The van der Waals surface area contributed by atoms with Gasteiger partial charge in [-0.25, -0.2) is 4.98 Å². The van der Waals surface area contributed by atoms with Gasteiger partial charge in [-0.05, 0) is 38.1 Å². The lowest BCUT2D eigenvalue weighted by Gasteiger charge is -1.99. The zero-order valence-corrected chi connectivity index (χ0v) is 14.2. The Labute approximate surface area is 143 Å². The number of anilines is 1. The molecule has 0 saturated carbocycles. The predicted octanol–water partition coefficient (Wildman–Crippen LogP) is 5.32. The van der Waals surface area contributed by atoms with Crippen molar-refractivity contribution in [3.63, 3.8) is 0 Å². The van der Waals surface area contributed by atoms with Crippen LogP contribution >= 0.6 is 11.3 Å². The van der Waals surface area contributed by atoms with E-state index in [9.17, 15) is 4.79 Å². The number of nitrogens with two attached hydrogens (primary N) is 1. The second-order valence-electron chi connectivity index (χ2n) is 5.37. The largest absolute Gasteiger partial charge is 0.375 e. The summed E-state index contributed by atoms with van der Waals surface area (Å²) in [6, 6.07) is 15.0. The lowest BCUT2D eigenvalue weighted by molar-refractivity contribution is 0.101. The molecule has 0 fully saturated rings. The summed E-state index contributed by atoms with van der Waals surface area (Å²) >= 11 is 1.29. The fraction of sp³-hybridized carbons (Fsp3) is 0.111. The van der Waals surface area contributed by atoms with Crippen LogP contribution in [0, 0.1) is 6.92 Å². The van der Waals surface area contributed by atoms with E-state index in [0.717, 1.165) is 11.3 Å². The van der Waals surface area contributed by atoms with Crippen LogP contribution in [0.5, 0.6) is 0 Å². The van der Waals surface area contributed by atoms with Crippen LogP contribution in [0.4, 0.5) is 15.8 Å². The molecule has 0 bridgehead atoms. The van der Waals surface area contributed by atoms with Crippen LogP contribution in [0.2, 0.25) is 0 Å². The Bertz CT molecular complexity index is 896. The van der Waals surface area contributed by atoms with Crippen LogP contribution in [0.15, 0.2) is 58.8 Å². The maximum absolute atomic E-state index is 11.3. The maximum Gasteiger partial charge on any atom is 0.182 e. The minimum Gasteiger partial charge on any atom is -0.375 e. The molecule has 120 valence electrons. The molecule has 0 atom stereocenters. The summed E-state index contributed by atoms with van der Waals surface area (Å²) < 4.78 is 0. The van der Waals surface area contributed by atoms with Crippen molar-refractivity contribution in [2.75, 3.05) is 5.73 Å². The molecule has 0 radical (unpaired) electrons. The number of carbonyl (C=O) groups is 1. The summed E-state index contributed by atoms with van der Waals surface area (Å²) in [5.74, 6) is 0.0235. The summed E-state index contributed by atoms with van der Waals surface area (Å²) in [7, 11) is 0. The fourth-order valence-electron chi connectivity index (χ4n) is 2.16. The Hall–Kier alpha value is -2.86. The third-order valence-electron chi connectivity index (χ3n) is 3.48. The van der Waals surface area contributed by atoms with E-state index >= 15 is 0 Å². The molecule has 5 nitrogen and oxygen atoms in total. The molecule has 2 aromatic carbocycles. The fourth-order valence-corrected chi connectivity index (χ4v) is 2.84. The standard InChI is InChI=1S/C18H16N4OS/c1-11-3-5-14(6-4-11)16-17(24-18(19)20-16)22-21-15-9-7-13(8-10-15)12(2)23/h3-10H,1-2H3,(H2,19,20). The van der Waals surface area contributed by atoms with Gasteiger partial charge in [-0.15, -0.1) is 10.2 Å². The molecule has 0 saturated heterocycles. The number of hydrogen-bond donors (Lipinski definition) is 1. The lowest BCUT2D eigenvalue weighted by Crippen LogP contribution is -1.89. The smallest absolute Gasteiger partial charge is 0.182 e. The Morgan fingerprint density at radius 2 is 1.71 bits per heavy atom. The summed E-state index contributed by atoms with van der Waals surface area (Å²) in [4.78, 5) is 15.6. The minimum atomic E-state index is 0.0235. The van der Waals surface area contributed by atoms with Gasteiger partial charge in [0.15, 0.2) is 15.9 Å². The Kier molecular flexibility index (Phi) is 4.48. The number of nitrogen functional groups attached to an aromatic ring is 1. The summed E-state index contributed by atoms with van der Waals surface area (Å²) in [6.45, 7) is 3.56. The van der Waals surface area contributed by atoms with Gasteiger partial charge in [0.2, 0.25) is 0 Å². The van der Waals surface area contributed by atoms with Crippen molar-refractivity contribution in [3.05, 3.63) is 59.7 Å². The lowest BCUT2D eigenvalue weighted by atomic mass is 10.1. The van der Waals surface area contributed by atoms with Crippen molar-refractivity contribution in [2.45, 2.75) is 13.8 Å². The van der Waals surface area contributed by atoms with Crippen LogP contribution in [0.3, 0.4) is 0 Å². The number of carbonyl (C=O) groups excluding carboxylic acids is 1. The first-order chi connectivity index (χ1) is 11.5. The Morgan fingerprint density at radius 1 is 1.04 bits per heavy atom. The van der Waals surface area contributed by atoms with Crippen molar-refractivity contribution in [2.24, 2.45) is 10.2 Å². The molecule has 6 heteroatoms. The van der Waals surface area contributed by atoms with E-state index in [1.54, 1.807) is 24.3 Å². The van der Waals surface area contributed by atoms with E-state index in [0.29, 0.717) is 21.4 Å². The number of Topliss-reactive ketones (excluding diaryl/α,β-unsaturated/α-hetero) is 1. The molecule has 0 aliphatic carbocycles. The van der Waals surface area contributed by atoms with Gasteiger partial charge in [0.25, 0.3) is 0 Å². The van der Waals surface area contributed by atoms with E-state index in [-0.39, 0.29) is 5.78 Å². The zero-order valence-electron chi connectivity index (χ0n) is 13.4. The van der Waals surface area contributed by atoms with Crippen LogP contribution < -0.4 is 5.73 Å². The first-order valence-corrected chi connectivity index (χ1v) is 8.20. The molecule has 0 aliphatic rings. The average molecular weight is 336 g/mol. The van der Waals surface area contributed by atoms with Crippen LogP contribution in [-0.2, 0) is 0 Å². The summed E-state index contributed by atoms with van der Waals surface area (Å²) in [6.07, 6.45) is 0. The van der Waals surface area contributed by atoms with Crippen molar-refractivity contribution in [1.82, 2.24) is 4.98 Å². The molecular formula is C18H16N4OS. The molecule has 1 heterocycles. The van der Waals surface area contributed by atoms with Crippen molar-refractivity contribution in [3.8, 4) is 11.3 Å². The number of rotatable bonds is 4. The number of hydrogen-bond acceptors (Lipinski definition) is 6. The second kappa shape index (κ2) is 6.72. The highest BCUT2D eigenvalue weighted by Crippen LogP contribution is 2.37. The first kappa shape index (κ1) is 16.0. The molecular weight excluding hydrogens is 320 g/mol. The topological polar surface area (TPSA) is 80.7 Å². The molecule has 0 aliphatic heterocycles. The number of benzene rings is 2. The van der Waals surface area contributed by atoms with Gasteiger partial charge >= 0.3 is 0 Å². The normalized spacial score (nSPS) is 11.1. The van der Waals surface area contributed by atoms with Crippen molar-refractivity contribution < 1.29 is 4.79 Å². The quantitative estimate of drug-likeness (QED) is 0.517. The molecule has 1 aromatic heterocycles. The van der Waals surface area contributed by atoms with E-state index in [2.05, 4.69) is 15.2 Å². The number of azo groups is 1. The number of ketones is 1. The maximum atomic E-state index is 11.3. The van der Waals surface area contributed by atoms with Gasteiger partial charge in [0.1, 0.15) is 5.69 Å². The van der Waals surface area contributed by atoms with E-state index in [1.807, 2.05) is 31.2 Å². The third kappa shape index (κ3) is 3.55. The SMILES string of the molecule is CC(=O)c1ccc(N=Nc2sc(N)nc2-c2ccc(C)cc2)cc1. The van der Waals surface area contributed by atoms with Gasteiger partial charge in [0, 0.05) is 11.1 Å². The van der Waals surface area contributed by atoms with E-state index < -0.39 is 0 Å². The molecule has 3 aromatic rings. The van der Waals surface area contributed by atoms with E-state index in [1.165, 1.54) is 23.8 Å². The van der Waals surface area contributed by atoms with Crippen molar-refractivity contribution in [1.29, 1.82) is 0 Å². The summed E-state index contributed by atoms with van der Waals surface area (Å²) in [5.41, 5.74) is 10.0. The Morgan fingerprint density at radius 3 is 2.33 bits per heavy atom. The average Bonchev–Trinajstić information content (AvgIpc) is 2.95. The van der Waals surface area contributed by atoms with Crippen molar-refractivity contribution >= 4 is 32.9 Å². The molecule has 2 N–H and O–H groups in total. The molecule has 3 rings (SSSR count). The van der Waals surface area contributed by atoms with Crippen LogP contribution in [-0.4, -0.2) is 10.8 Å². The van der Waals surface area contributed by atoms with Crippen LogP contribution in [0.25, 0.3) is 11.3 Å². The minimum absolute atomic E-state index is 0.0235.